The van der Waals surface area contributed by atoms with E-state index in [1.165, 1.54) is 24.3 Å². The Balaban J connectivity index is 1.70. The molecule has 0 unspecified atom stereocenters. The second-order valence-electron chi connectivity index (χ2n) is 6.33. The summed E-state index contributed by atoms with van der Waals surface area (Å²) in [6.45, 7) is 2.26. The van der Waals surface area contributed by atoms with E-state index in [-0.39, 0.29) is 5.69 Å². The first-order valence-corrected chi connectivity index (χ1v) is 9.55. The van der Waals surface area contributed by atoms with Gasteiger partial charge in [-0.1, -0.05) is 18.2 Å². The Morgan fingerprint density at radius 3 is 2.45 bits per heavy atom. The van der Waals surface area contributed by atoms with Gasteiger partial charge in [-0.2, -0.15) is 0 Å². The van der Waals surface area contributed by atoms with Crippen molar-refractivity contribution < 1.29 is 19.2 Å². The number of hydrogen-bond donors (Lipinski definition) is 0. The van der Waals surface area contributed by atoms with E-state index in [1.54, 1.807) is 30.5 Å². The lowest BCUT2D eigenvalue weighted by atomic mass is 10.1. The number of pyridine rings is 1. The third kappa shape index (κ3) is 6.37. The second-order valence-corrected chi connectivity index (χ2v) is 6.33. The Morgan fingerprint density at radius 1 is 1.00 bits per heavy atom. The molecule has 0 radical (unpaired) electrons. The molecule has 0 spiro atoms. The molecule has 1 aromatic heterocycles. The minimum absolute atomic E-state index is 0.0155. The van der Waals surface area contributed by atoms with Crippen LogP contribution >= 0.6 is 0 Å². The Morgan fingerprint density at radius 2 is 1.77 bits per heavy atom. The van der Waals surface area contributed by atoms with Crippen molar-refractivity contribution in [2.24, 2.45) is 0 Å². The van der Waals surface area contributed by atoms with Gasteiger partial charge in [-0.15, -0.1) is 0 Å². The van der Waals surface area contributed by atoms with Crippen LogP contribution in [0.15, 0.2) is 72.9 Å². The van der Waals surface area contributed by atoms with Gasteiger partial charge in [0.1, 0.15) is 0 Å². The van der Waals surface area contributed by atoms with Crippen LogP contribution in [0.2, 0.25) is 0 Å². The molecular weight excluding hydrogens is 396 g/mol. The molecule has 7 heteroatoms. The number of nitrogens with zero attached hydrogens (tertiary/aromatic N) is 2. The Bertz CT molecular complexity index is 1110. The summed E-state index contributed by atoms with van der Waals surface area (Å²) in [5, 5.41) is 10.7. The molecule has 0 fully saturated rings. The minimum Gasteiger partial charge on any atom is -0.490 e. The number of nitro benzene ring substituents is 1. The number of aromatic nitrogens is 1. The van der Waals surface area contributed by atoms with Crippen molar-refractivity contribution in [1.82, 2.24) is 4.98 Å². The van der Waals surface area contributed by atoms with Gasteiger partial charge in [0.05, 0.1) is 17.2 Å². The Kier molecular flexibility index (Phi) is 7.26. The predicted octanol–water partition coefficient (Wildman–Crippen LogP) is 5.18. The van der Waals surface area contributed by atoms with Gasteiger partial charge < -0.3 is 9.47 Å². The summed E-state index contributed by atoms with van der Waals surface area (Å²) >= 11 is 0. The van der Waals surface area contributed by atoms with E-state index in [4.69, 9.17) is 9.47 Å². The SMILES string of the molecule is CCOc1cc(/C=C/c2ccccn2)ccc1OC(=O)/C=C/c1ccc([N+](=O)[O-])cc1. The quantitative estimate of drug-likeness (QED) is 0.165. The molecule has 0 atom stereocenters. The number of rotatable bonds is 8. The smallest absolute Gasteiger partial charge is 0.336 e. The molecule has 0 amide bonds. The highest BCUT2D eigenvalue weighted by atomic mass is 16.6. The number of benzene rings is 2. The maximum atomic E-state index is 12.2. The first-order chi connectivity index (χ1) is 15.0. The highest BCUT2D eigenvalue weighted by Crippen LogP contribution is 2.29. The zero-order valence-corrected chi connectivity index (χ0v) is 16.8. The van der Waals surface area contributed by atoms with Crippen LogP contribution in [0, 0.1) is 10.1 Å². The summed E-state index contributed by atoms with van der Waals surface area (Å²) in [6, 6.07) is 16.8. The van der Waals surface area contributed by atoms with Gasteiger partial charge in [0.25, 0.3) is 5.69 Å². The van der Waals surface area contributed by atoms with Gasteiger partial charge in [-0.25, -0.2) is 4.79 Å². The zero-order valence-electron chi connectivity index (χ0n) is 16.8. The number of carbonyl (C=O) groups is 1. The molecule has 7 nitrogen and oxygen atoms in total. The summed E-state index contributed by atoms with van der Waals surface area (Å²) in [5.41, 5.74) is 2.32. The van der Waals surface area contributed by atoms with Crippen LogP contribution in [-0.2, 0) is 4.79 Å². The van der Waals surface area contributed by atoms with Crippen molar-refractivity contribution in [2.75, 3.05) is 6.61 Å². The number of non-ortho nitro benzene ring substituents is 1. The standard InChI is InChI=1S/C24H20N2O5/c1-2-30-23-17-19(6-11-20-5-3-4-16-25-20)9-14-22(23)31-24(27)15-10-18-7-12-21(13-8-18)26(28)29/h3-17H,2H2,1H3/b11-6+,15-10+. The summed E-state index contributed by atoms with van der Waals surface area (Å²) in [6.07, 6.45) is 8.27. The fraction of sp³-hybridized carbons (Fsp3) is 0.0833. The number of esters is 1. The van der Waals surface area contributed by atoms with E-state index < -0.39 is 10.9 Å². The molecule has 3 rings (SSSR count). The van der Waals surface area contributed by atoms with E-state index in [0.29, 0.717) is 23.7 Å². The first kappa shape index (κ1) is 21.4. The molecule has 156 valence electrons. The normalized spacial score (nSPS) is 11.0. The minimum atomic E-state index is -0.587. The Labute approximate surface area is 179 Å². The van der Waals surface area contributed by atoms with E-state index in [0.717, 1.165) is 11.3 Å². The lowest BCUT2D eigenvalue weighted by molar-refractivity contribution is -0.384. The summed E-state index contributed by atoms with van der Waals surface area (Å²) in [5.74, 6) is 0.161. The molecule has 2 aromatic carbocycles. The van der Waals surface area contributed by atoms with Gasteiger partial charge in [-0.3, -0.25) is 15.1 Å². The molecule has 31 heavy (non-hydrogen) atoms. The average Bonchev–Trinajstić information content (AvgIpc) is 2.79. The summed E-state index contributed by atoms with van der Waals surface area (Å²) in [4.78, 5) is 26.7. The molecule has 0 saturated heterocycles. The van der Waals surface area contributed by atoms with Gasteiger partial charge in [0.2, 0.25) is 0 Å². The fourth-order valence-corrected chi connectivity index (χ4v) is 2.65. The van der Waals surface area contributed by atoms with E-state index >= 15 is 0 Å². The van der Waals surface area contributed by atoms with E-state index in [9.17, 15) is 14.9 Å². The van der Waals surface area contributed by atoms with Crippen molar-refractivity contribution in [3.63, 3.8) is 0 Å². The first-order valence-electron chi connectivity index (χ1n) is 9.55. The molecule has 0 aliphatic heterocycles. The molecular formula is C24H20N2O5. The van der Waals surface area contributed by atoms with Gasteiger partial charge in [0.15, 0.2) is 11.5 Å². The number of hydrogen-bond acceptors (Lipinski definition) is 6. The van der Waals surface area contributed by atoms with Gasteiger partial charge >= 0.3 is 5.97 Å². The maximum Gasteiger partial charge on any atom is 0.336 e. The molecule has 0 aliphatic rings. The van der Waals surface area contributed by atoms with Crippen molar-refractivity contribution in [3.8, 4) is 11.5 Å². The molecule has 0 saturated carbocycles. The molecule has 0 N–H and O–H groups in total. The summed E-state index contributed by atoms with van der Waals surface area (Å²) < 4.78 is 11.0. The molecule has 1 heterocycles. The van der Waals surface area contributed by atoms with Crippen LogP contribution < -0.4 is 9.47 Å². The largest absolute Gasteiger partial charge is 0.490 e. The number of nitro groups is 1. The van der Waals surface area contributed by atoms with E-state index in [2.05, 4.69) is 4.98 Å². The van der Waals surface area contributed by atoms with Crippen LogP contribution in [0.25, 0.3) is 18.2 Å². The molecule has 0 aliphatic carbocycles. The second kappa shape index (κ2) is 10.5. The van der Waals surface area contributed by atoms with Gasteiger partial charge in [-0.05, 0) is 66.6 Å². The van der Waals surface area contributed by atoms with Gasteiger partial charge in [0, 0.05) is 24.4 Å². The van der Waals surface area contributed by atoms with Crippen LogP contribution in [0.4, 0.5) is 5.69 Å². The fourth-order valence-electron chi connectivity index (χ4n) is 2.65. The topological polar surface area (TPSA) is 91.6 Å². The van der Waals surface area contributed by atoms with Crippen molar-refractivity contribution in [1.29, 1.82) is 0 Å². The van der Waals surface area contributed by atoms with Crippen molar-refractivity contribution >= 4 is 29.9 Å². The lowest BCUT2D eigenvalue weighted by Gasteiger charge is -2.10. The van der Waals surface area contributed by atoms with E-state index in [1.807, 2.05) is 43.3 Å². The van der Waals surface area contributed by atoms with Crippen molar-refractivity contribution in [3.05, 3.63) is 99.9 Å². The zero-order chi connectivity index (χ0) is 22.1. The average molecular weight is 416 g/mol. The lowest BCUT2D eigenvalue weighted by Crippen LogP contribution is -2.06. The van der Waals surface area contributed by atoms with Crippen LogP contribution in [0.5, 0.6) is 11.5 Å². The predicted molar refractivity (Wildman–Crippen MR) is 119 cm³/mol. The van der Waals surface area contributed by atoms with Crippen molar-refractivity contribution in [2.45, 2.75) is 6.92 Å². The summed E-state index contributed by atoms with van der Waals surface area (Å²) in [7, 11) is 0. The number of ether oxygens (including phenoxy) is 2. The number of carbonyl (C=O) groups excluding carboxylic acids is 1. The highest BCUT2D eigenvalue weighted by Gasteiger charge is 2.09. The maximum absolute atomic E-state index is 12.2. The third-order valence-electron chi connectivity index (χ3n) is 4.13. The molecule has 3 aromatic rings. The monoisotopic (exact) mass is 416 g/mol. The van der Waals surface area contributed by atoms with Crippen LogP contribution in [-0.4, -0.2) is 22.5 Å². The van der Waals surface area contributed by atoms with Crippen LogP contribution in [0.1, 0.15) is 23.7 Å². The van der Waals surface area contributed by atoms with Crippen LogP contribution in [0.3, 0.4) is 0 Å². The third-order valence-corrected chi connectivity index (χ3v) is 4.13. The Hall–Kier alpha value is -4.26. The highest BCUT2D eigenvalue weighted by molar-refractivity contribution is 5.89. The molecule has 0 bridgehead atoms.